The van der Waals surface area contributed by atoms with E-state index in [1.165, 1.54) is 0 Å². The van der Waals surface area contributed by atoms with Gasteiger partial charge in [-0.1, -0.05) is 0 Å². The molecular weight excluding hydrogens is 324 g/mol. The molecule has 0 heterocycles. The summed E-state index contributed by atoms with van der Waals surface area (Å²) in [5, 5.41) is 3.12. The molecule has 9 nitrogen and oxygen atoms in total. The van der Waals surface area contributed by atoms with Crippen LogP contribution in [0.25, 0.3) is 0 Å². The van der Waals surface area contributed by atoms with E-state index in [-0.39, 0.29) is 21.2 Å². The van der Waals surface area contributed by atoms with E-state index < -0.39 is 17.7 Å². The number of hydrogen-bond acceptors (Lipinski definition) is 5. The zero-order chi connectivity index (χ0) is 19.6. The molecule has 25 heavy (non-hydrogen) atoms. The second-order valence-electron chi connectivity index (χ2n) is 5.79. The van der Waals surface area contributed by atoms with Crippen molar-refractivity contribution >= 4 is 17.7 Å². The maximum absolute atomic E-state index is 11.5. The van der Waals surface area contributed by atoms with Crippen molar-refractivity contribution in [2.24, 2.45) is 22.9 Å². The highest BCUT2D eigenvalue weighted by molar-refractivity contribution is 5.92. The molecule has 0 saturated carbocycles. The molecule has 0 rings (SSSR count). The minimum atomic E-state index is -0.618. The van der Waals surface area contributed by atoms with Crippen LogP contribution in [-0.4, -0.2) is 48.4 Å². The lowest BCUT2D eigenvalue weighted by Gasteiger charge is -2.28. The highest BCUT2D eigenvalue weighted by Crippen LogP contribution is 2.18. The van der Waals surface area contributed by atoms with Crippen molar-refractivity contribution in [3.05, 3.63) is 35.3 Å². The highest BCUT2D eigenvalue weighted by Gasteiger charge is 2.25. The number of nitrogens with zero attached hydrogens (tertiary/aromatic N) is 1. The van der Waals surface area contributed by atoms with Crippen molar-refractivity contribution in [2.45, 2.75) is 20.8 Å². The highest BCUT2D eigenvalue weighted by atomic mass is 16.2. The molecule has 0 aromatic rings. The SMILES string of the molecule is CC(=C[N+](C=C(C)C(N)=O)(C=C(C)C(N)=O)CCNCCN)C(N)=O. The molecule has 9 N–H and O–H groups in total. The van der Waals surface area contributed by atoms with Crippen molar-refractivity contribution in [1.82, 2.24) is 5.32 Å². The van der Waals surface area contributed by atoms with Crippen LogP contribution in [0.2, 0.25) is 0 Å². The molecule has 0 aromatic heterocycles. The van der Waals surface area contributed by atoms with Gasteiger partial charge in [-0.3, -0.25) is 14.4 Å². The minimum absolute atomic E-state index is 0.129. The number of amides is 3. The molecule has 3 amide bonds. The standard InChI is InChI=1S/C16H28N6O3/c1-11(14(18)23)8-22(7-6-21-5-4-17,9-12(2)15(19)24)10-13(3)16(20)25/h8-10,21H,4-7,17H2,1-3H3,(H5-,18,19,20,23,24,25)/p+1. The van der Waals surface area contributed by atoms with Gasteiger partial charge < -0.3 is 28.3 Å². The lowest BCUT2D eigenvalue weighted by Crippen LogP contribution is -2.41. The van der Waals surface area contributed by atoms with Crippen LogP contribution >= 0.6 is 0 Å². The molecule has 0 saturated heterocycles. The molecular formula is C16H29N6O3+. The quantitative estimate of drug-likeness (QED) is 0.173. The number of rotatable bonds is 11. The van der Waals surface area contributed by atoms with E-state index in [2.05, 4.69) is 5.32 Å². The molecule has 0 aliphatic heterocycles. The van der Waals surface area contributed by atoms with Crippen molar-refractivity contribution in [2.75, 3.05) is 26.2 Å². The fourth-order valence-electron chi connectivity index (χ4n) is 2.08. The van der Waals surface area contributed by atoms with Gasteiger partial charge in [0.05, 0.1) is 16.7 Å². The summed E-state index contributed by atoms with van der Waals surface area (Å²) >= 11 is 0. The lowest BCUT2D eigenvalue weighted by atomic mass is 10.2. The Hall–Kier alpha value is -2.49. The van der Waals surface area contributed by atoms with E-state index in [4.69, 9.17) is 22.9 Å². The van der Waals surface area contributed by atoms with Crippen LogP contribution in [0.5, 0.6) is 0 Å². The predicted molar refractivity (Wildman–Crippen MR) is 95.9 cm³/mol. The van der Waals surface area contributed by atoms with Gasteiger partial charge in [0.25, 0.3) is 0 Å². The predicted octanol–water partition coefficient (Wildman–Crippen LogP) is -1.48. The summed E-state index contributed by atoms with van der Waals surface area (Å²) < 4.78 is -0.129. The fourth-order valence-corrected chi connectivity index (χ4v) is 2.08. The molecule has 0 spiro atoms. The summed E-state index contributed by atoms with van der Waals surface area (Å²) in [4.78, 5) is 34.4. The Labute approximate surface area is 148 Å². The molecule has 0 aliphatic carbocycles. The monoisotopic (exact) mass is 353 g/mol. The normalized spacial score (nSPS) is 15.6. The molecule has 0 atom stereocenters. The topological polar surface area (TPSA) is 167 Å². The third kappa shape index (κ3) is 8.25. The third-order valence-corrected chi connectivity index (χ3v) is 3.46. The summed E-state index contributed by atoms with van der Waals surface area (Å²) in [6.45, 7) is 6.55. The minimum Gasteiger partial charge on any atom is -0.366 e. The Balaban J connectivity index is 6.20. The van der Waals surface area contributed by atoms with Crippen molar-refractivity contribution in [3.63, 3.8) is 0 Å². The van der Waals surface area contributed by atoms with Crippen LogP contribution in [0, 0.1) is 0 Å². The number of nitrogens with two attached hydrogens (primary N) is 4. The van der Waals surface area contributed by atoms with E-state index >= 15 is 0 Å². The Morgan fingerprint density at radius 3 is 1.44 bits per heavy atom. The van der Waals surface area contributed by atoms with Crippen molar-refractivity contribution in [1.29, 1.82) is 0 Å². The maximum Gasteiger partial charge on any atom is 0.249 e. The van der Waals surface area contributed by atoms with Gasteiger partial charge in [-0.2, -0.15) is 0 Å². The van der Waals surface area contributed by atoms with Crippen LogP contribution in [0.3, 0.4) is 0 Å². The van der Waals surface area contributed by atoms with Gasteiger partial charge in [-0.25, -0.2) is 4.48 Å². The zero-order valence-corrected chi connectivity index (χ0v) is 15.0. The van der Waals surface area contributed by atoms with Crippen molar-refractivity contribution < 1.29 is 18.9 Å². The molecule has 0 fully saturated rings. The van der Waals surface area contributed by atoms with E-state index in [1.54, 1.807) is 39.4 Å². The van der Waals surface area contributed by atoms with Crippen LogP contribution in [0.4, 0.5) is 0 Å². The van der Waals surface area contributed by atoms with E-state index in [0.29, 0.717) is 26.2 Å². The van der Waals surface area contributed by atoms with Gasteiger partial charge in [-0.15, -0.1) is 0 Å². The number of hydrogen-bond donors (Lipinski definition) is 5. The number of quaternary nitrogens is 1. The number of nitrogens with one attached hydrogen (secondary N) is 1. The first-order chi connectivity index (χ1) is 11.5. The summed E-state index contributed by atoms with van der Waals surface area (Å²) in [5.74, 6) is -1.85. The first kappa shape index (κ1) is 22.5. The second kappa shape index (κ2) is 10.4. The third-order valence-electron chi connectivity index (χ3n) is 3.46. The van der Waals surface area contributed by atoms with Crippen molar-refractivity contribution in [3.8, 4) is 0 Å². The zero-order valence-electron chi connectivity index (χ0n) is 15.0. The first-order valence-corrected chi connectivity index (χ1v) is 7.80. The Morgan fingerprint density at radius 2 is 1.16 bits per heavy atom. The van der Waals surface area contributed by atoms with Gasteiger partial charge in [-0.05, 0) is 20.8 Å². The molecule has 140 valence electrons. The Bertz CT molecular complexity index is 533. The summed E-state index contributed by atoms with van der Waals surface area (Å²) in [7, 11) is 0. The van der Waals surface area contributed by atoms with Crippen LogP contribution in [0.1, 0.15) is 20.8 Å². The molecule has 0 aliphatic rings. The van der Waals surface area contributed by atoms with Gasteiger partial charge in [0, 0.05) is 19.6 Å². The Morgan fingerprint density at radius 1 is 0.800 bits per heavy atom. The lowest BCUT2D eigenvalue weighted by molar-refractivity contribution is -0.773. The number of primary amides is 3. The molecule has 0 aromatic carbocycles. The second-order valence-corrected chi connectivity index (χ2v) is 5.79. The molecule has 9 heteroatoms. The van der Waals surface area contributed by atoms with Crippen LogP contribution in [-0.2, 0) is 14.4 Å². The maximum atomic E-state index is 11.5. The smallest absolute Gasteiger partial charge is 0.249 e. The summed E-state index contributed by atoms with van der Waals surface area (Å²) in [6.07, 6.45) is 4.64. The molecule has 0 unspecified atom stereocenters. The summed E-state index contributed by atoms with van der Waals surface area (Å²) in [6, 6.07) is 0. The largest absolute Gasteiger partial charge is 0.366 e. The number of carbonyl (C=O) groups is 3. The Kier molecular flexibility index (Phi) is 9.36. The van der Waals surface area contributed by atoms with E-state index in [9.17, 15) is 14.4 Å². The molecule has 0 bridgehead atoms. The number of carbonyl (C=O) groups excluding carboxylic acids is 3. The first-order valence-electron chi connectivity index (χ1n) is 7.80. The van der Waals surface area contributed by atoms with Crippen LogP contribution < -0.4 is 28.3 Å². The van der Waals surface area contributed by atoms with E-state index in [0.717, 1.165) is 0 Å². The fraction of sp³-hybridized carbons (Fsp3) is 0.438. The average molecular weight is 353 g/mol. The molecule has 0 radical (unpaired) electrons. The van der Waals surface area contributed by atoms with Gasteiger partial charge in [0.2, 0.25) is 17.7 Å². The van der Waals surface area contributed by atoms with E-state index in [1.807, 2.05) is 0 Å². The van der Waals surface area contributed by atoms with Gasteiger partial charge >= 0.3 is 0 Å². The summed E-state index contributed by atoms with van der Waals surface area (Å²) in [5.41, 5.74) is 22.2. The van der Waals surface area contributed by atoms with Crippen LogP contribution in [0.15, 0.2) is 35.3 Å². The van der Waals surface area contributed by atoms with Gasteiger partial charge in [0.15, 0.2) is 0 Å². The average Bonchev–Trinajstić information content (AvgIpc) is 2.51. The van der Waals surface area contributed by atoms with Gasteiger partial charge in [0.1, 0.15) is 25.1 Å².